The summed E-state index contributed by atoms with van der Waals surface area (Å²) in [5.74, 6) is 0. The van der Waals surface area contributed by atoms with Crippen LogP contribution in [0.3, 0.4) is 0 Å². The van der Waals surface area contributed by atoms with Gasteiger partial charge in [-0.1, -0.05) is 0 Å². The fourth-order valence-corrected chi connectivity index (χ4v) is 2.13. The highest BCUT2D eigenvalue weighted by atomic mass is 32.1. The Morgan fingerprint density at radius 3 is 2.82 bits per heavy atom. The van der Waals surface area contributed by atoms with Crippen molar-refractivity contribution in [2.24, 2.45) is 0 Å². The van der Waals surface area contributed by atoms with Crippen LogP contribution in [0.4, 0.5) is 8.78 Å². The molecule has 0 saturated carbocycles. The zero-order chi connectivity index (χ0) is 12.7. The van der Waals surface area contributed by atoms with Crippen LogP contribution in [0.5, 0.6) is 0 Å². The van der Waals surface area contributed by atoms with E-state index in [0.717, 1.165) is 17.1 Å². The van der Waals surface area contributed by atoms with Gasteiger partial charge < -0.3 is 10.1 Å². The van der Waals surface area contributed by atoms with Gasteiger partial charge in [0.1, 0.15) is 6.61 Å². The van der Waals surface area contributed by atoms with Crippen molar-refractivity contribution in [1.82, 2.24) is 10.3 Å². The van der Waals surface area contributed by atoms with Crippen LogP contribution < -0.4 is 5.32 Å². The van der Waals surface area contributed by atoms with E-state index in [1.165, 1.54) is 0 Å². The van der Waals surface area contributed by atoms with Crippen molar-refractivity contribution in [3.05, 3.63) is 16.1 Å². The third kappa shape index (κ3) is 6.05. The van der Waals surface area contributed by atoms with Crippen molar-refractivity contribution < 1.29 is 13.5 Å². The first kappa shape index (κ1) is 14.5. The topological polar surface area (TPSA) is 34.1 Å². The summed E-state index contributed by atoms with van der Waals surface area (Å²) in [5, 5.41) is 6.22. The Morgan fingerprint density at radius 2 is 2.29 bits per heavy atom. The first-order valence-electron chi connectivity index (χ1n) is 5.56. The monoisotopic (exact) mass is 264 g/mol. The summed E-state index contributed by atoms with van der Waals surface area (Å²) >= 11 is 1.62. The summed E-state index contributed by atoms with van der Waals surface area (Å²) in [7, 11) is 1.86. The Hall–Kier alpha value is -0.590. The van der Waals surface area contributed by atoms with Crippen LogP contribution in [-0.4, -0.2) is 37.7 Å². The van der Waals surface area contributed by atoms with Crippen LogP contribution in [0.1, 0.15) is 17.1 Å². The Morgan fingerprint density at radius 1 is 1.53 bits per heavy atom. The van der Waals surface area contributed by atoms with Crippen LogP contribution >= 0.6 is 11.3 Å². The number of nitrogens with one attached hydrogen (secondary N) is 1. The lowest BCUT2D eigenvalue weighted by Crippen LogP contribution is -2.29. The zero-order valence-electron chi connectivity index (χ0n) is 10.1. The first-order chi connectivity index (χ1) is 8.11. The van der Waals surface area contributed by atoms with Crippen LogP contribution in [0.2, 0.25) is 0 Å². The minimum absolute atomic E-state index is 0.217. The van der Waals surface area contributed by atoms with Crippen LogP contribution in [0.25, 0.3) is 0 Å². The molecule has 1 aromatic heterocycles. The fourth-order valence-electron chi connectivity index (χ4n) is 1.50. The summed E-state index contributed by atoms with van der Waals surface area (Å²) in [6.45, 7) is 1.83. The molecule has 1 unspecified atom stereocenters. The average molecular weight is 264 g/mol. The van der Waals surface area contributed by atoms with Gasteiger partial charge in [-0.2, -0.15) is 0 Å². The van der Waals surface area contributed by atoms with Crippen molar-refractivity contribution in [3.63, 3.8) is 0 Å². The molecule has 1 rings (SSSR count). The minimum Gasteiger partial charge on any atom is -0.375 e. The number of aromatic nitrogens is 1. The number of rotatable bonds is 8. The van der Waals surface area contributed by atoms with Crippen molar-refractivity contribution in [2.45, 2.75) is 32.2 Å². The summed E-state index contributed by atoms with van der Waals surface area (Å²) < 4.78 is 28.5. The number of aryl methyl sites for hydroxylation is 1. The van der Waals surface area contributed by atoms with E-state index in [4.69, 9.17) is 4.74 Å². The number of alkyl halides is 2. The van der Waals surface area contributed by atoms with E-state index < -0.39 is 13.0 Å². The lowest BCUT2D eigenvalue weighted by molar-refractivity contribution is 0.0146. The van der Waals surface area contributed by atoms with Crippen LogP contribution in [0.15, 0.2) is 5.38 Å². The number of halogens is 2. The molecule has 0 aliphatic rings. The van der Waals surface area contributed by atoms with Gasteiger partial charge in [0.2, 0.25) is 0 Å². The highest BCUT2D eigenvalue weighted by Crippen LogP contribution is 2.11. The largest absolute Gasteiger partial charge is 0.375 e. The molecule has 0 fully saturated rings. The molecule has 1 N–H and O–H groups in total. The average Bonchev–Trinajstić information content (AvgIpc) is 2.68. The molecule has 0 aromatic carbocycles. The van der Waals surface area contributed by atoms with Gasteiger partial charge in [0.05, 0.1) is 10.7 Å². The molecule has 0 bridgehead atoms. The second-order valence-corrected chi connectivity index (χ2v) is 4.86. The van der Waals surface area contributed by atoms with Crippen molar-refractivity contribution in [2.75, 3.05) is 20.3 Å². The summed E-state index contributed by atoms with van der Waals surface area (Å²) in [6.07, 6.45) is -0.872. The first-order valence-corrected chi connectivity index (χ1v) is 6.44. The van der Waals surface area contributed by atoms with Crippen LogP contribution in [-0.2, 0) is 11.2 Å². The van der Waals surface area contributed by atoms with Crippen LogP contribution in [0, 0.1) is 6.92 Å². The molecule has 0 aliphatic carbocycles. The van der Waals surface area contributed by atoms with Gasteiger partial charge in [-0.05, 0) is 20.4 Å². The minimum atomic E-state index is -2.38. The van der Waals surface area contributed by atoms with E-state index in [2.05, 4.69) is 10.3 Å². The van der Waals surface area contributed by atoms with E-state index in [9.17, 15) is 8.78 Å². The molecule has 0 saturated heterocycles. The molecule has 3 nitrogen and oxygen atoms in total. The van der Waals surface area contributed by atoms with Crippen molar-refractivity contribution in [3.8, 4) is 0 Å². The molecule has 1 aromatic rings. The molecule has 0 amide bonds. The quantitative estimate of drug-likeness (QED) is 0.731. The lowest BCUT2D eigenvalue weighted by atomic mass is 10.1. The van der Waals surface area contributed by atoms with Gasteiger partial charge in [0.15, 0.2) is 0 Å². The summed E-state index contributed by atoms with van der Waals surface area (Å²) in [4.78, 5) is 4.37. The third-order valence-corrected chi connectivity index (χ3v) is 3.21. The third-order valence-electron chi connectivity index (χ3n) is 2.38. The van der Waals surface area contributed by atoms with Gasteiger partial charge in [-0.25, -0.2) is 13.8 Å². The van der Waals surface area contributed by atoms with Gasteiger partial charge in [-0.3, -0.25) is 0 Å². The van der Waals surface area contributed by atoms with Gasteiger partial charge in [0, 0.05) is 24.4 Å². The Kier molecular flexibility index (Phi) is 6.54. The number of thiazole rings is 1. The normalized spacial score (nSPS) is 13.2. The van der Waals surface area contributed by atoms with E-state index in [-0.39, 0.29) is 6.04 Å². The number of hydrogen-bond acceptors (Lipinski definition) is 4. The molecular weight excluding hydrogens is 246 g/mol. The molecule has 6 heteroatoms. The molecule has 0 aliphatic heterocycles. The number of hydrogen-bond donors (Lipinski definition) is 1. The molecule has 98 valence electrons. The maximum Gasteiger partial charge on any atom is 0.261 e. The maximum absolute atomic E-state index is 11.8. The fraction of sp³-hybridized carbons (Fsp3) is 0.727. The number of nitrogens with zero attached hydrogens (tertiary/aromatic N) is 1. The molecule has 17 heavy (non-hydrogen) atoms. The Balaban J connectivity index is 2.24. The van der Waals surface area contributed by atoms with Crippen molar-refractivity contribution >= 4 is 11.3 Å². The Labute approximate surface area is 104 Å². The standard InChI is InChI=1S/C11H18F2N2OS/c1-8-15-10(7-17-8)5-9(14-2)3-4-16-6-11(12)13/h7,9,11,14H,3-6H2,1-2H3. The Bertz CT molecular complexity index is 320. The van der Waals surface area contributed by atoms with Crippen molar-refractivity contribution in [1.29, 1.82) is 0 Å². The highest BCUT2D eigenvalue weighted by Gasteiger charge is 2.10. The predicted molar refractivity (Wildman–Crippen MR) is 64.8 cm³/mol. The van der Waals surface area contributed by atoms with E-state index in [1.54, 1.807) is 11.3 Å². The number of ether oxygens (including phenoxy) is 1. The summed E-state index contributed by atoms with van der Waals surface area (Å²) in [5.41, 5.74) is 1.04. The van der Waals surface area contributed by atoms with Gasteiger partial charge in [-0.15, -0.1) is 11.3 Å². The molecule has 0 radical (unpaired) electrons. The van der Waals surface area contributed by atoms with E-state index in [0.29, 0.717) is 13.0 Å². The molecule has 1 atom stereocenters. The summed E-state index contributed by atoms with van der Waals surface area (Å²) in [6, 6.07) is 0.217. The van der Waals surface area contributed by atoms with E-state index in [1.807, 2.05) is 19.4 Å². The molecule has 0 spiro atoms. The lowest BCUT2D eigenvalue weighted by Gasteiger charge is -2.14. The van der Waals surface area contributed by atoms with E-state index >= 15 is 0 Å². The predicted octanol–water partition coefficient (Wildman–Crippen LogP) is 2.25. The number of likely N-dealkylation sites (N-methyl/N-ethyl adjacent to an activating group) is 1. The molecule has 1 heterocycles. The van der Waals surface area contributed by atoms with Gasteiger partial charge in [0.25, 0.3) is 6.43 Å². The maximum atomic E-state index is 11.8. The highest BCUT2D eigenvalue weighted by molar-refractivity contribution is 7.09. The second-order valence-electron chi connectivity index (χ2n) is 3.80. The SMILES string of the molecule is CNC(CCOCC(F)F)Cc1csc(C)n1. The van der Waals surface area contributed by atoms with Gasteiger partial charge >= 0.3 is 0 Å². The second kappa shape index (κ2) is 7.68. The zero-order valence-corrected chi connectivity index (χ0v) is 10.9. The molecular formula is C11H18F2N2OS. The smallest absolute Gasteiger partial charge is 0.261 e.